The number of imidazole rings is 2. The van der Waals surface area contributed by atoms with Crippen LogP contribution in [0, 0.1) is 0 Å². The van der Waals surface area contributed by atoms with Crippen molar-refractivity contribution in [3.8, 4) is 0 Å². The summed E-state index contributed by atoms with van der Waals surface area (Å²) in [5.41, 5.74) is 8.53. The highest BCUT2D eigenvalue weighted by Gasteiger charge is 2.14. The highest BCUT2D eigenvalue weighted by atomic mass is 32.2. The molecule has 0 radical (unpaired) electrons. The van der Waals surface area contributed by atoms with E-state index in [1.54, 1.807) is 6.92 Å². The third kappa shape index (κ3) is 13.1. The number of amides is 1. The van der Waals surface area contributed by atoms with Crippen LogP contribution in [0.25, 0.3) is 22.1 Å². The number of rotatable bonds is 11. The number of hydrogen-bond donors (Lipinski definition) is 5. The number of para-hydroxylation sites is 4. The Morgan fingerprint density at radius 1 is 0.706 bits per heavy atom. The summed E-state index contributed by atoms with van der Waals surface area (Å²) in [5.74, 6) is 13.2. The average Bonchev–Trinajstić information content (AvgIpc) is 3.69. The molecule has 0 bridgehead atoms. The van der Waals surface area contributed by atoms with Gasteiger partial charge in [0.05, 0.1) is 53.3 Å². The largest absolute Gasteiger partial charge is 0.465 e. The second-order valence-electron chi connectivity index (χ2n) is 10.2. The van der Waals surface area contributed by atoms with Gasteiger partial charge in [-0.15, -0.1) is 0 Å². The van der Waals surface area contributed by atoms with Crippen molar-refractivity contribution >= 4 is 57.5 Å². The third-order valence-electron chi connectivity index (χ3n) is 6.72. The van der Waals surface area contributed by atoms with Crippen LogP contribution in [0.3, 0.4) is 0 Å². The zero-order chi connectivity index (χ0) is 36.1. The first-order chi connectivity index (χ1) is 24.5. The molecule has 51 heavy (non-hydrogen) atoms. The maximum atomic E-state index is 11.6. The van der Waals surface area contributed by atoms with Gasteiger partial charge < -0.3 is 24.5 Å². The maximum Gasteiger partial charge on any atom is 0.316 e. The zero-order valence-corrected chi connectivity index (χ0v) is 30.3. The number of thioether (sulfide) groups is 2. The number of aromatic nitrogens is 4. The Bertz CT molecular complexity index is 1890. The van der Waals surface area contributed by atoms with Gasteiger partial charge in [0.2, 0.25) is 5.91 Å². The molecule has 10 N–H and O–H groups in total. The number of carbonyl (C=O) groups excluding carboxylic acids is 2. The Labute approximate surface area is 305 Å². The van der Waals surface area contributed by atoms with Gasteiger partial charge in [-0.1, -0.05) is 108 Å². The number of ether oxygens (including phenoxy) is 1. The van der Waals surface area contributed by atoms with Gasteiger partial charge in [-0.3, -0.25) is 26.7 Å². The molecule has 2 heterocycles. The van der Waals surface area contributed by atoms with E-state index in [-0.39, 0.29) is 35.5 Å². The molecule has 0 saturated carbocycles. The van der Waals surface area contributed by atoms with Gasteiger partial charge in [0, 0.05) is 6.61 Å². The van der Waals surface area contributed by atoms with E-state index < -0.39 is 0 Å². The van der Waals surface area contributed by atoms with Gasteiger partial charge >= 0.3 is 5.97 Å². The van der Waals surface area contributed by atoms with Gasteiger partial charge in [-0.05, 0) is 49.2 Å². The zero-order valence-electron chi connectivity index (χ0n) is 28.6. The topological polar surface area (TPSA) is 221 Å². The summed E-state index contributed by atoms with van der Waals surface area (Å²) >= 11 is 2.80. The molecule has 272 valence electrons. The minimum atomic E-state index is -0.219. The van der Waals surface area contributed by atoms with E-state index in [0.29, 0.717) is 13.2 Å². The molecule has 4 aromatic carbocycles. The number of nitrogens with zero attached hydrogens (tertiary/aromatic N) is 4. The van der Waals surface area contributed by atoms with Crippen molar-refractivity contribution in [2.45, 2.75) is 37.2 Å². The van der Waals surface area contributed by atoms with Crippen LogP contribution in [0.2, 0.25) is 0 Å². The molecule has 2 aromatic heterocycles. The van der Waals surface area contributed by atoms with Crippen LogP contribution < -0.4 is 23.0 Å². The Hall–Kier alpha value is -4.74. The average molecular weight is 735 g/mol. The molecule has 0 aliphatic rings. The van der Waals surface area contributed by atoms with Crippen LogP contribution in [0.5, 0.6) is 0 Å². The lowest BCUT2D eigenvalue weighted by Gasteiger charge is -2.09. The van der Waals surface area contributed by atoms with Crippen molar-refractivity contribution in [2.75, 3.05) is 24.7 Å². The van der Waals surface area contributed by atoms with Gasteiger partial charge in [0.15, 0.2) is 10.3 Å². The predicted molar refractivity (Wildman–Crippen MR) is 206 cm³/mol. The lowest BCUT2D eigenvalue weighted by Crippen LogP contribution is -2.31. The Kier molecular flexibility index (Phi) is 19.7. The fraction of sp³-hybridized carbons (Fsp3) is 0.222. The summed E-state index contributed by atoms with van der Waals surface area (Å²) in [7, 11) is 0. The van der Waals surface area contributed by atoms with E-state index in [9.17, 15) is 9.59 Å². The number of hydrogen-bond acceptors (Lipinski definition) is 11. The molecular formula is C36H46N8O5S2. The first-order valence-corrected chi connectivity index (χ1v) is 17.8. The molecule has 0 unspecified atom stereocenters. The van der Waals surface area contributed by atoms with Crippen LogP contribution in [0.1, 0.15) is 25.0 Å². The fourth-order valence-electron chi connectivity index (χ4n) is 4.66. The minimum Gasteiger partial charge on any atom is -0.465 e. The van der Waals surface area contributed by atoms with Gasteiger partial charge in [0.25, 0.3) is 0 Å². The number of esters is 1. The molecule has 0 aliphatic carbocycles. The van der Waals surface area contributed by atoms with Crippen LogP contribution in [0.15, 0.2) is 120 Å². The van der Waals surface area contributed by atoms with E-state index in [1.807, 2.05) is 85.8 Å². The van der Waals surface area contributed by atoms with Crippen LogP contribution >= 0.6 is 23.5 Å². The number of carbonyl (C=O) groups is 2. The molecule has 0 aliphatic heterocycles. The number of hydrazine groups is 2. The first-order valence-electron chi connectivity index (χ1n) is 15.8. The normalized spacial score (nSPS) is 10.0. The van der Waals surface area contributed by atoms with E-state index in [1.165, 1.54) is 34.7 Å². The van der Waals surface area contributed by atoms with Crippen molar-refractivity contribution in [1.29, 1.82) is 0 Å². The van der Waals surface area contributed by atoms with Crippen molar-refractivity contribution in [2.24, 2.45) is 17.5 Å². The van der Waals surface area contributed by atoms with Crippen LogP contribution in [0.4, 0.5) is 0 Å². The lowest BCUT2D eigenvalue weighted by molar-refractivity contribution is -0.139. The Balaban J connectivity index is 0.000000309. The van der Waals surface area contributed by atoms with Crippen molar-refractivity contribution in [3.05, 3.63) is 120 Å². The lowest BCUT2D eigenvalue weighted by atomic mass is 10.2. The molecule has 13 nitrogen and oxygen atoms in total. The number of nitrogens with one attached hydrogen (secondary N) is 1. The molecule has 6 rings (SSSR count). The fourth-order valence-corrected chi connectivity index (χ4v) is 6.30. The standard InChI is InChI=1S/C18H18N2O2S.C16H16N4OS.C2H6O.H4N2.H2O/c1-2-22-17(21)13-23-18-19-15-10-6-7-11-16(15)20(18)12-14-8-4-3-5-9-14;17-19-15(21)11-22-16-18-13-8-4-5-9-14(13)20(16)10-12-6-2-1-3-7-12;1-2-3;1-2;/h3-11H,2,12-13H2,1H3;1-9H,10-11,17H2,(H,19,21);3H,2H2,1H3;1-2H2;1H2. The van der Waals surface area contributed by atoms with Gasteiger partial charge in [-0.2, -0.15) is 0 Å². The first kappa shape index (κ1) is 42.4. The summed E-state index contributed by atoms with van der Waals surface area (Å²) < 4.78 is 9.27. The van der Waals surface area contributed by atoms with E-state index in [4.69, 9.17) is 15.7 Å². The molecule has 0 fully saturated rings. The SMILES string of the molecule is CCO.CCOC(=O)CSc1nc2ccccc2n1Cc1ccccc1.NN.NNC(=O)CSc1nc2ccccc2n1Cc1ccccc1.O. The third-order valence-corrected chi connectivity index (χ3v) is 8.65. The molecular weight excluding hydrogens is 689 g/mol. The molecule has 0 spiro atoms. The molecule has 0 atom stereocenters. The van der Waals surface area contributed by atoms with Crippen LogP contribution in [-0.2, 0) is 27.4 Å². The van der Waals surface area contributed by atoms with Crippen molar-refractivity contribution < 1.29 is 24.9 Å². The van der Waals surface area contributed by atoms with E-state index in [2.05, 4.69) is 66.5 Å². The molecule has 6 aromatic rings. The summed E-state index contributed by atoms with van der Waals surface area (Å²) in [6.45, 7) is 5.59. The summed E-state index contributed by atoms with van der Waals surface area (Å²) in [5, 5.41) is 9.22. The molecule has 1 amide bonds. The second kappa shape index (κ2) is 23.6. The number of fused-ring (bicyclic) bond motifs is 2. The van der Waals surface area contributed by atoms with Gasteiger partial charge in [0.1, 0.15) is 0 Å². The van der Waals surface area contributed by atoms with E-state index in [0.717, 1.165) is 38.9 Å². The number of nitrogens with two attached hydrogens (primary N) is 3. The minimum absolute atomic E-state index is 0. The van der Waals surface area contributed by atoms with Crippen molar-refractivity contribution in [1.82, 2.24) is 24.5 Å². The van der Waals surface area contributed by atoms with Crippen molar-refractivity contribution in [3.63, 3.8) is 0 Å². The second-order valence-corrected chi connectivity index (χ2v) is 12.1. The number of aliphatic hydroxyl groups excluding tert-OH is 1. The monoisotopic (exact) mass is 734 g/mol. The molecule has 0 saturated heterocycles. The summed E-state index contributed by atoms with van der Waals surface area (Å²) in [6, 6.07) is 36.4. The predicted octanol–water partition coefficient (Wildman–Crippen LogP) is 3.90. The quantitative estimate of drug-likeness (QED) is 0.0422. The molecule has 15 heteroatoms. The number of benzene rings is 4. The number of aliphatic hydroxyl groups is 1. The van der Waals surface area contributed by atoms with Crippen LogP contribution in [-0.4, -0.2) is 66.3 Å². The highest BCUT2D eigenvalue weighted by Crippen LogP contribution is 2.26. The Morgan fingerprint density at radius 3 is 1.51 bits per heavy atom. The van der Waals surface area contributed by atoms with Gasteiger partial charge in [-0.25, -0.2) is 15.8 Å². The smallest absolute Gasteiger partial charge is 0.316 e. The highest BCUT2D eigenvalue weighted by molar-refractivity contribution is 8.00. The van der Waals surface area contributed by atoms with E-state index >= 15 is 0 Å². The Morgan fingerprint density at radius 2 is 1.10 bits per heavy atom. The summed E-state index contributed by atoms with van der Waals surface area (Å²) in [6.07, 6.45) is 0. The summed E-state index contributed by atoms with van der Waals surface area (Å²) in [4.78, 5) is 32.3. The maximum absolute atomic E-state index is 11.6.